The van der Waals surface area contributed by atoms with Gasteiger partial charge in [-0.1, -0.05) is 12.1 Å². The van der Waals surface area contributed by atoms with Gasteiger partial charge in [0.25, 0.3) is 5.91 Å². The molecule has 0 radical (unpaired) electrons. The molecule has 1 atom stereocenters. The molecule has 1 saturated heterocycles. The first kappa shape index (κ1) is 20.6. The number of pyridine rings is 1. The van der Waals surface area contributed by atoms with Crippen LogP contribution in [0.3, 0.4) is 0 Å². The van der Waals surface area contributed by atoms with E-state index < -0.39 is 0 Å². The quantitative estimate of drug-likeness (QED) is 0.564. The Hall–Kier alpha value is -2.64. The smallest absolute Gasteiger partial charge is 0.263 e. The number of aryl methyl sites for hydroxylation is 1. The molecule has 1 aromatic carbocycles. The van der Waals surface area contributed by atoms with Crippen molar-refractivity contribution in [3.8, 4) is 0 Å². The lowest BCUT2D eigenvalue weighted by atomic mass is 9.98. The summed E-state index contributed by atoms with van der Waals surface area (Å²) in [5, 5.41) is 13.2. The molecule has 4 rings (SSSR count). The average molecular weight is 425 g/mol. The van der Waals surface area contributed by atoms with Gasteiger partial charge in [-0.25, -0.2) is 4.98 Å². The Morgan fingerprint density at radius 3 is 2.87 bits per heavy atom. The van der Waals surface area contributed by atoms with Crippen LogP contribution < -0.4 is 16.0 Å². The SMILES string of the molecule is Cc1ccc2c(N)c(C(=O)NCCc3ccc(N4CCC[C@H](CO)C4)cc3)sc2n1. The van der Waals surface area contributed by atoms with Gasteiger partial charge < -0.3 is 21.1 Å². The van der Waals surface area contributed by atoms with Crippen molar-refractivity contribution < 1.29 is 9.90 Å². The predicted molar refractivity (Wildman–Crippen MR) is 123 cm³/mol. The van der Waals surface area contributed by atoms with Gasteiger partial charge in [-0.3, -0.25) is 4.79 Å². The molecule has 1 amide bonds. The van der Waals surface area contributed by atoms with E-state index in [2.05, 4.69) is 39.5 Å². The molecule has 7 heteroatoms. The number of aliphatic hydroxyl groups is 1. The summed E-state index contributed by atoms with van der Waals surface area (Å²) in [4.78, 5) is 20.7. The van der Waals surface area contributed by atoms with Gasteiger partial charge >= 0.3 is 0 Å². The van der Waals surface area contributed by atoms with Crippen molar-refractivity contribution in [2.24, 2.45) is 5.92 Å². The van der Waals surface area contributed by atoms with E-state index in [4.69, 9.17) is 5.73 Å². The number of fused-ring (bicyclic) bond motifs is 1. The van der Waals surface area contributed by atoms with E-state index in [0.29, 0.717) is 23.0 Å². The Labute approximate surface area is 180 Å². The first-order valence-corrected chi connectivity index (χ1v) is 11.3. The number of aliphatic hydroxyl groups excluding tert-OH is 1. The topological polar surface area (TPSA) is 91.5 Å². The highest BCUT2D eigenvalue weighted by Gasteiger charge is 2.19. The number of hydrogen-bond donors (Lipinski definition) is 3. The molecule has 158 valence electrons. The van der Waals surface area contributed by atoms with Gasteiger partial charge in [0, 0.05) is 43.0 Å². The Morgan fingerprint density at radius 2 is 2.10 bits per heavy atom. The summed E-state index contributed by atoms with van der Waals surface area (Å²) < 4.78 is 0. The minimum absolute atomic E-state index is 0.145. The van der Waals surface area contributed by atoms with E-state index in [0.717, 1.165) is 48.3 Å². The second-order valence-corrected chi connectivity index (χ2v) is 8.96. The normalized spacial score (nSPS) is 16.7. The maximum Gasteiger partial charge on any atom is 0.263 e. The van der Waals surface area contributed by atoms with Gasteiger partial charge in [-0.15, -0.1) is 11.3 Å². The van der Waals surface area contributed by atoms with Crippen LogP contribution in [-0.4, -0.2) is 42.2 Å². The van der Waals surface area contributed by atoms with Crippen molar-refractivity contribution in [2.45, 2.75) is 26.2 Å². The zero-order chi connectivity index (χ0) is 21.1. The van der Waals surface area contributed by atoms with E-state index in [1.54, 1.807) is 0 Å². The molecule has 3 aromatic rings. The fourth-order valence-electron chi connectivity index (χ4n) is 3.98. The molecule has 1 aliphatic heterocycles. The highest BCUT2D eigenvalue weighted by atomic mass is 32.1. The molecule has 0 spiro atoms. The third kappa shape index (κ3) is 4.42. The van der Waals surface area contributed by atoms with Crippen LogP contribution in [0.1, 0.15) is 33.8 Å². The molecule has 3 heterocycles. The number of benzene rings is 1. The second-order valence-electron chi connectivity index (χ2n) is 7.96. The lowest BCUT2D eigenvalue weighted by Crippen LogP contribution is -2.36. The van der Waals surface area contributed by atoms with E-state index in [1.165, 1.54) is 22.6 Å². The van der Waals surface area contributed by atoms with Crippen molar-refractivity contribution in [1.29, 1.82) is 0 Å². The number of piperidine rings is 1. The van der Waals surface area contributed by atoms with Gasteiger partial charge in [-0.2, -0.15) is 0 Å². The number of carbonyl (C=O) groups excluding carboxylic acids is 1. The minimum Gasteiger partial charge on any atom is -0.397 e. The number of anilines is 2. The number of thiophene rings is 1. The van der Waals surface area contributed by atoms with Crippen LogP contribution in [0, 0.1) is 12.8 Å². The molecule has 1 fully saturated rings. The predicted octanol–water partition coefficient (Wildman–Crippen LogP) is 3.37. The molecule has 0 saturated carbocycles. The van der Waals surface area contributed by atoms with Gasteiger partial charge in [0.05, 0.1) is 5.69 Å². The zero-order valence-electron chi connectivity index (χ0n) is 17.2. The van der Waals surface area contributed by atoms with E-state index in [9.17, 15) is 9.90 Å². The van der Waals surface area contributed by atoms with E-state index >= 15 is 0 Å². The first-order chi connectivity index (χ1) is 14.5. The monoisotopic (exact) mass is 424 g/mol. The van der Waals surface area contributed by atoms with Crippen LogP contribution >= 0.6 is 11.3 Å². The molecule has 4 N–H and O–H groups in total. The average Bonchev–Trinajstić information content (AvgIpc) is 3.10. The van der Waals surface area contributed by atoms with Crippen LogP contribution in [0.4, 0.5) is 11.4 Å². The molecule has 0 unspecified atom stereocenters. The Morgan fingerprint density at radius 1 is 1.30 bits per heavy atom. The summed E-state index contributed by atoms with van der Waals surface area (Å²) in [7, 11) is 0. The van der Waals surface area contributed by atoms with Gasteiger partial charge in [0.15, 0.2) is 0 Å². The third-order valence-corrected chi connectivity index (χ3v) is 6.83. The van der Waals surface area contributed by atoms with E-state index in [-0.39, 0.29) is 12.5 Å². The van der Waals surface area contributed by atoms with Crippen molar-refractivity contribution in [3.05, 3.63) is 52.5 Å². The Bertz CT molecular complexity index is 1030. The zero-order valence-corrected chi connectivity index (χ0v) is 18.0. The summed E-state index contributed by atoms with van der Waals surface area (Å²) in [5.41, 5.74) is 9.96. The van der Waals surface area contributed by atoms with Crippen molar-refractivity contribution in [2.75, 3.05) is 36.9 Å². The number of carbonyl (C=O) groups is 1. The minimum atomic E-state index is -0.145. The van der Waals surface area contributed by atoms with E-state index in [1.807, 2.05) is 19.1 Å². The lowest BCUT2D eigenvalue weighted by Gasteiger charge is -2.33. The van der Waals surface area contributed by atoms with Crippen LogP contribution in [0.15, 0.2) is 36.4 Å². The lowest BCUT2D eigenvalue weighted by molar-refractivity contribution is 0.0959. The molecule has 0 aliphatic carbocycles. The number of nitrogens with one attached hydrogen (secondary N) is 1. The maximum absolute atomic E-state index is 12.6. The number of amides is 1. The number of nitrogens with zero attached hydrogens (tertiary/aromatic N) is 2. The van der Waals surface area contributed by atoms with Crippen molar-refractivity contribution in [3.63, 3.8) is 0 Å². The third-order valence-electron chi connectivity index (χ3n) is 5.72. The Kier molecular flexibility index (Phi) is 6.20. The number of nitrogen functional groups attached to an aromatic ring is 1. The molecular formula is C23H28N4O2S. The van der Waals surface area contributed by atoms with Gasteiger partial charge in [0.2, 0.25) is 0 Å². The van der Waals surface area contributed by atoms with Crippen LogP contribution in [0.2, 0.25) is 0 Å². The highest BCUT2D eigenvalue weighted by molar-refractivity contribution is 7.21. The van der Waals surface area contributed by atoms with Gasteiger partial charge in [0.1, 0.15) is 9.71 Å². The molecule has 6 nitrogen and oxygen atoms in total. The second kappa shape index (κ2) is 9.02. The molecule has 0 bridgehead atoms. The van der Waals surface area contributed by atoms with Gasteiger partial charge in [-0.05, 0) is 61.9 Å². The summed E-state index contributed by atoms with van der Waals surface area (Å²) in [6, 6.07) is 12.3. The first-order valence-electron chi connectivity index (χ1n) is 10.4. The molecule has 1 aliphatic rings. The largest absolute Gasteiger partial charge is 0.397 e. The number of aromatic nitrogens is 1. The number of hydrogen-bond acceptors (Lipinski definition) is 6. The fourth-order valence-corrected chi connectivity index (χ4v) is 5.04. The highest BCUT2D eigenvalue weighted by Crippen LogP contribution is 2.32. The van der Waals surface area contributed by atoms with Crippen molar-refractivity contribution in [1.82, 2.24) is 10.3 Å². The summed E-state index contributed by atoms with van der Waals surface area (Å²) in [6.07, 6.45) is 2.98. The standard InChI is InChI=1S/C23H28N4O2S/c1-15-4-9-19-20(24)21(30-23(19)26-15)22(29)25-11-10-16-5-7-18(8-6-16)27-12-2-3-17(13-27)14-28/h4-9,17,28H,2-3,10-14,24H2,1H3,(H,25,29)/t17-/m0/s1. The number of nitrogens with two attached hydrogens (primary N) is 1. The summed E-state index contributed by atoms with van der Waals surface area (Å²) in [5.74, 6) is 0.224. The molecule has 2 aromatic heterocycles. The summed E-state index contributed by atoms with van der Waals surface area (Å²) >= 11 is 1.34. The molecular weight excluding hydrogens is 396 g/mol. The maximum atomic E-state index is 12.6. The van der Waals surface area contributed by atoms with Crippen LogP contribution in [-0.2, 0) is 6.42 Å². The summed E-state index contributed by atoms with van der Waals surface area (Å²) in [6.45, 7) is 4.69. The fraction of sp³-hybridized carbons (Fsp3) is 0.391. The van der Waals surface area contributed by atoms with Crippen LogP contribution in [0.25, 0.3) is 10.2 Å². The van der Waals surface area contributed by atoms with Crippen LogP contribution in [0.5, 0.6) is 0 Å². The molecule has 30 heavy (non-hydrogen) atoms. The Balaban J connectivity index is 1.33. The number of rotatable bonds is 6. The van der Waals surface area contributed by atoms with Crippen molar-refractivity contribution >= 4 is 38.8 Å².